The van der Waals surface area contributed by atoms with Crippen LogP contribution in [-0.2, 0) is 4.74 Å². The number of nitrogens with zero attached hydrogens (tertiary/aromatic N) is 3. The van der Waals surface area contributed by atoms with E-state index in [4.69, 9.17) is 4.74 Å². The zero-order chi connectivity index (χ0) is 11.7. The topological polar surface area (TPSA) is 51.5 Å². The molecular formula is C12H16N4O. The van der Waals surface area contributed by atoms with Gasteiger partial charge in [-0.1, -0.05) is 6.07 Å². The van der Waals surface area contributed by atoms with Crippen LogP contribution in [0.2, 0.25) is 0 Å². The number of hydrogen-bond donors (Lipinski definition) is 1. The van der Waals surface area contributed by atoms with E-state index in [1.807, 2.05) is 31.3 Å². The normalized spacial score (nSPS) is 23.6. The molecule has 0 aliphatic heterocycles. The summed E-state index contributed by atoms with van der Waals surface area (Å²) in [6, 6.07) is 6.30. The van der Waals surface area contributed by atoms with Crippen LogP contribution >= 0.6 is 0 Å². The number of hydrogen-bond acceptors (Lipinski definition) is 4. The number of fused-ring (bicyclic) bond motifs is 1. The first-order valence-electron chi connectivity index (χ1n) is 6.04. The van der Waals surface area contributed by atoms with Crippen LogP contribution in [0.25, 0.3) is 5.65 Å². The molecule has 1 N–H and O–H groups in total. The molecule has 1 saturated carbocycles. The highest BCUT2D eigenvalue weighted by Crippen LogP contribution is 2.25. The van der Waals surface area contributed by atoms with Crippen LogP contribution in [-0.4, -0.2) is 33.4 Å². The molecule has 17 heavy (non-hydrogen) atoms. The Balaban J connectivity index is 1.62. The Morgan fingerprint density at radius 1 is 1.47 bits per heavy atom. The van der Waals surface area contributed by atoms with Gasteiger partial charge in [0.15, 0.2) is 5.65 Å². The molecular weight excluding hydrogens is 216 g/mol. The van der Waals surface area contributed by atoms with Crippen LogP contribution in [0.5, 0.6) is 0 Å². The molecule has 0 unspecified atom stereocenters. The molecule has 5 heteroatoms. The van der Waals surface area contributed by atoms with Crippen molar-refractivity contribution in [2.24, 2.45) is 0 Å². The molecule has 0 atom stereocenters. The predicted octanol–water partition coefficient (Wildman–Crippen LogP) is 1.71. The smallest absolute Gasteiger partial charge is 0.243 e. The van der Waals surface area contributed by atoms with Gasteiger partial charge in [0.05, 0.1) is 6.10 Å². The summed E-state index contributed by atoms with van der Waals surface area (Å²) in [7, 11) is 0. The Morgan fingerprint density at radius 3 is 3.12 bits per heavy atom. The largest absolute Gasteiger partial charge is 0.378 e. The van der Waals surface area contributed by atoms with Gasteiger partial charge in [-0.05, 0) is 31.9 Å². The minimum Gasteiger partial charge on any atom is -0.378 e. The second-order valence-electron chi connectivity index (χ2n) is 4.33. The average molecular weight is 232 g/mol. The molecule has 0 spiro atoms. The van der Waals surface area contributed by atoms with Gasteiger partial charge in [0.25, 0.3) is 0 Å². The lowest BCUT2D eigenvalue weighted by atomic mass is 9.89. The molecule has 2 aromatic heterocycles. The van der Waals surface area contributed by atoms with E-state index in [-0.39, 0.29) is 0 Å². The van der Waals surface area contributed by atoms with E-state index in [1.165, 1.54) is 0 Å². The third kappa shape index (κ3) is 2.10. The van der Waals surface area contributed by atoms with Crippen molar-refractivity contribution >= 4 is 11.6 Å². The van der Waals surface area contributed by atoms with E-state index in [1.54, 1.807) is 4.52 Å². The van der Waals surface area contributed by atoms with Crippen LogP contribution in [0.3, 0.4) is 0 Å². The minimum atomic E-state index is 0.412. The summed E-state index contributed by atoms with van der Waals surface area (Å²) in [6.45, 7) is 2.83. The second kappa shape index (κ2) is 4.33. The number of nitrogens with one attached hydrogen (secondary N) is 1. The Morgan fingerprint density at radius 2 is 2.35 bits per heavy atom. The molecule has 0 saturated heterocycles. The van der Waals surface area contributed by atoms with Gasteiger partial charge in [0.1, 0.15) is 0 Å². The zero-order valence-electron chi connectivity index (χ0n) is 9.84. The first kappa shape index (κ1) is 10.5. The van der Waals surface area contributed by atoms with E-state index < -0.39 is 0 Å². The van der Waals surface area contributed by atoms with Gasteiger partial charge in [-0.25, -0.2) is 4.52 Å². The molecule has 1 fully saturated rings. The highest BCUT2D eigenvalue weighted by Gasteiger charge is 2.30. The van der Waals surface area contributed by atoms with Gasteiger partial charge >= 0.3 is 0 Å². The fourth-order valence-electron chi connectivity index (χ4n) is 2.13. The van der Waals surface area contributed by atoms with Crippen molar-refractivity contribution in [2.45, 2.75) is 31.9 Å². The van der Waals surface area contributed by atoms with Crippen molar-refractivity contribution < 1.29 is 4.74 Å². The summed E-state index contributed by atoms with van der Waals surface area (Å²) >= 11 is 0. The second-order valence-corrected chi connectivity index (χ2v) is 4.33. The number of anilines is 1. The Hall–Kier alpha value is -1.62. The van der Waals surface area contributed by atoms with Gasteiger partial charge in [-0.3, -0.25) is 0 Å². The summed E-state index contributed by atoms with van der Waals surface area (Å²) in [4.78, 5) is 4.41. The Labute approximate surface area is 99.8 Å². The summed E-state index contributed by atoms with van der Waals surface area (Å²) in [5, 5.41) is 7.69. The number of ether oxygens (including phenoxy) is 1. The third-order valence-electron chi connectivity index (χ3n) is 3.07. The molecule has 2 heterocycles. The standard InChI is InChI=1S/C12H16N4O/c1-2-17-10-7-9(8-10)13-12-14-11-5-3-4-6-16(11)15-12/h3-6,9-10H,2,7-8H2,1H3,(H,13,15). The first-order valence-corrected chi connectivity index (χ1v) is 6.04. The average Bonchev–Trinajstić information content (AvgIpc) is 2.68. The number of aromatic nitrogens is 3. The quantitative estimate of drug-likeness (QED) is 0.871. The summed E-state index contributed by atoms with van der Waals surface area (Å²) in [5.41, 5.74) is 0.871. The summed E-state index contributed by atoms with van der Waals surface area (Å²) in [5.74, 6) is 0.705. The number of rotatable bonds is 4. The van der Waals surface area contributed by atoms with Crippen LogP contribution < -0.4 is 5.32 Å². The Bertz CT molecular complexity index is 471. The fourth-order valence-corrected chi connectivity index (χ4v) is 2.13. The monoisotopic (exact) mass is 232 g/mol. The van der Waals surface area contributed by atoms with Gasteiger partial charge < -0.3 is 10.1 Å². The van der Waals surface area contributed by atoms with Crippen molar-refractivity contribution in [2.75, 3.05) is 11.9 Å². The van der Waals surface area contributed by atoms with E-state index >= 15 is 0 Å². The van der Waals surface area contributed by atoms with Gasteiger partial charge in [-0.15, -0.1) is 5.10 Å². The van der Waals surface area contributed by atoms with E-state index in [0.29, 0.717) is 18.1 Å². The Kier molecular flexibility index (Phi) is 2.68. The fraction of sp³-hybridized carbons (Fsp3) is 0.500. The van der Waals surface area contributed by atoms with Crippen molar-refractivity contribution in [3.8, 4) is 0 Å². The van der Waals surface area contributed by atoms with Crippen LogP contribution in [0.4, 0.5) is 5.95 Å². The summed E-state index contributed by atoms with van der Waals surface area (Å²) in [6.07, 6.45) is 4.40. The van der Waals surface area contributed by atoms with Gasteiger partial charge in [0.2, 0.25) is 5.95 Å². The van der Waals surface area contributed by atoms with E-state index in [0.717, 1.165) is 25.1 Å². The predicted molar refractivity (Wildman–Crippen MR) is 65.0 cm³/mol. The van der Waals surface area contributed by atoms with Gasteiger partial charge in [-0.2, -0.15) is 4.98 Å². The lowest BCUT2D eigenvalue weighted by Gasteiger charge is -2.34. The lowest BCUT2D eigenvalue weighted by Crippen LogP contribution is -2.41. The maximum atomic E-state index is 5.52. The van der Waals surface area contributed by atoms with Crippen LogP contribution in [0, 0.1) is 0 Å². The highest BCUT2D eigenvalue weighted by atomic mass is 16.5. The van der Waals surface area contributed by atoms with Crippen LogP contribution in [0.1, 0.15) is 19.8 Å². The minimum absolute atomic E-state index is 0.412. The van der Waals surface area contributed by atoms with E-state index in [9.17, 15) is 0 Å². The maximum absolute atomic E-state index is 5.52. The van der Waals surface area contributed by atoms with Crippen molar-refractivity contribution in [3.05, 3.63) is 24.4 Å². The summed E-state index contributed by atoms with van der Waals surface area (Å²) < 4.78 is 7.30. The van der Waals surface area contributed by atoms with Crippen LogP contribution in [0.15, 0.2) is 24.4 Å². The molecule has 1 aliphatic rings. The molecule has 0 amide bonds. The molecule has 0 aromatic carbocycles. The molecule has 2 aromatic rings. The molecule has 5 nitrogen and oxygen atoms in total. The van der Waals surface area contributed by atoms with Crippen molar-refractivity contribution in [3.63, 3.8) is 0 Å². The molecule has 1 aliphatic carbocycles. The maximum Gasteiger partial charge on any atom is 0.243 e. The number of pyridine rings is 1. The van der Waals surface area contributed by atoms with Crippen molar-refractivity contribution in [1.29, 1.82) is 0 Å². The zero-order valence-corrected chi connectivity index (χ0v) is 9.84. The molecule has 3 rings (SSSR count). The first-order chi connectivity index (χ1) is 8.35. The van der Waals surface area contributed by atoms with Crippen molar-refractivity contribution in [1.82, 2.24) is 14.6 Å². The molecule has 0 radical (unpaired) electrons. The van der Waals surface area contributed by atoms with Gasteiger partial charge in [0, 0.05) is 18.8 Å². The molecule has 90 valence electrons. The SMILES string of the molecule is CCOC1CC(Nc2nc3ccccn3n2)C1. The lowest BCUT2D eigenvalue weighted by molar-refractivity contribution is 0.00286. The van der Waals surface area contributed by atoms with E-state index in [2.05, 4.69) is 15.4 Å². The third-order valence-corrected chi connectivity index (χ3v) is 3.07. The highest BCUT2D eigenvalue weighted by molar-refractivity contribution is 5.43. The molecule has 0 bridgehead atoms.